The number of fused-ring (bicyclic) bond motifs is 1. The Hall–Kier alpha value is -3.62. The number of rotatable bonds is 6. The zero-order chi connectivity index (χ0) is 27.7. The van der Waals surface area contributed by atoms with Gasteiger partial charge in [-0.15, -0.1) is 0 Å². The van der Waals surface area contributed by atoms with Gasteiger partial charge in [-0.2, -0.15) is 0 Å². The lowest BCUT2D eigenvalue weighted by atomic mass is 9.79. The van der Waals surface area contributed by atoms with Gasteiger partial charge >= 0.3 is 0 Å². The molecule has 3 aromatic rings. The van der Waals surface area contributed by atoms with E-state index in [0.29, 0.717) is 39.1 Å². The molecular weight excluding hydrogens is 502 g/mol. The molecule has 6 rings (SSSR count). The van der Waals surface area contributed by atoms with E-state index in [-0.39, 0.29) is 17.7 Å². The molecule has 2 fully saturated rings. The quantitative estimate of drug-likeness (QED) is 0.518. The number of carbonyl (C=O) groups is 1. The molecule has 3 aliphatic rings. The average molecular weight is 542 g/mol. The number of hydrogen-bond acceptors (Lipinski definition) is 6. The number of nitrogens with zero attached hydrogens (tertiary/aromatic N) is 5. The van der Waals surface area contributed by atoms with Crippen molar-refractivity contribution in [1.29, 1.82) is 0 Å². The number of benzene rings is 2. The van der Waals surface area contributed by atoms with E-state index in [1.165, 1.54) is 5.56 Å². The van der Waals surface area contributed by atoms with E-state index in [1.54, 1.807) is 7.11 Å². The van der Waals surface area contributed by atoms with Gasteiger partial charge in [-0.25, -0.2) is 4.99 Å². The lowest BCUT2D eigenvalue weighted by Crippen LogP contribution is -2.54. The summed E-state index contributed by atoms with van der Waals surface area (Å²) in [5.74, 6) is 1.26. The van der Waals surface area contributed by atoms with Crippen molar-refractivity contribution in [3.8, 4) is 11.4 Å². The summed E-state index contributed by atoms with van der Waals surface area (Å²) in [6.45, 7) is 4.02. The van der Waals surface area contributed by atoms with Crippen molar-refractivity contribution >= 4 is 12.1 Å². The molecule has 0 bridgehead atoms. The number of amides is 1. The van der Waals surface area contributed by atoms with E-state index >= 15 is 0 Å². The summed E-state index contributed by atoms with van der Waals surface area (Å²) >= 11 is 0. The molecule has 1 amide bonds. The summed E-state index contributed by atoms with van der Waals surface area (Å²) in [4.78, 5) is 25.0. The van der Waals surface area contributed by atoms with Crippen molar-refractivity contribution in [2.24, 2.45) is 10.9 Å². The Kier molecular flexibility index (Phi) is 7.38. The Morgan fingerprint density at radius 3 is 2.52 bits per heavy atom. The van der Waals surface area contributed by atoms with Gasteiger partial charge in [-0.1, -0.05) is 30.3 Å². The highest BCUT2D eigenvalue weighted by molar-refractivity contribution is 5.80. The summed E-state index contributed by atoms with van der Waals surface area (Å²) in [6, 6.07) is 20.4. The zero-order valence-corrected chi connectivity index (χ0v) is 23.4. The SMILES string of the molecule is COc1ccc(-n2ccc3c2=NCN(CC2(O)CCN(C(=O)[C@@H]4CCN(C)C[C@H]4c4ccccc4)CC2)C=3)cc1. The largest absolute Gasteiger partial charge is 0.497 e. The molecule has 8 heteroatoms. The lowest BCUT2D eigenvalue weighted by molar-refractivity contribution is -0.142. The molecule has 2 atom stereocenters. The van der Waals surface area contributed by atoms with Gasteiger partial charge in [0.05, 0.1) is 12.7 Å². The molecule has 1 N–H and O–H groups in total. The molecule has 0 aliphatic carbocycles. The number of aliphatic hydroxyl groups is 1. The number of β-amino-alcohol motifs (C(OH)–C–C–N with tert-alkyl or cyclic N) is 1. The third kappa shape index (κ3) is 5.38. The molecule has 2 aromatic carbocycles. The van der Waals surface area contributed by atoms with Gasteiger partial charge in [0.15, 0.2) is 0 Å². The Bertz CT molecular complexity index is 1440. The average Bonchev–Trinajstić information content (AvgIpc) is 3.41. The topological polar surface area (TPSA) is 73.5 Å². The molecule has 8 nitrogen and oxygen atoms in total. The van der Waals surface area contributed by atoms with Gasteiger partial charge in [0.25, 0.3) is 0 Å². The standard InChI is InChI=1S/C32H39N5O3/c1-34-16-13-28(29(21-34)24-6-4-3-5-7-24)31(38)36-18-14-32(39,15-19-36)22-35-20-25-12-17-37(30(25)33-23-35)26-8-10-27(40-2)11-9-26/h3-12,17,20,28-29,39H,13-16,18-19,21-23H2,1-2H3/t28-,29+/m1/s1. The van der Waals surface area contributed by atoms with Gasteiger partial charge in [0.1, 0.15) is 17.9 Å². The van der Waals surface area contributed by atoms with Crippen molar-refractivity contribution in [1.82, 2.24) is 19.3 Å². The summed E-state index contributed by atoms with van der Waals surface area (Å²) in [5.41, 5.74) is 2.35. The minimum absolute atomic E-state index is 0.00724. The van der Waals surface area contributed by atoms with Gasteiger partial charge in [0.2, 0.25) is 5.91 Å². The molecule has 0 spiro atoms. The Morgan fingerprint density at radius 2 is 1.80 bits per heavy atom. The monoisotopic (exact) mass is 541 g/mol. The third-order valence-corrected chi connectivity index (χ3v) is 8.83. The van der Waals surface area contributed by atoms with Crippen LogP contribution >= 0.6 is 0 Å². The van der Waals surface area contributed by atoms with Crippen LogP contribution in [0.25, 0.3) is 11.9 Å². The molecular formula is C32H39N5O3. The first-order valence-electron chi connectivity index (χ1n) is 14.3. The number of ether oxygens (including phenoxy) is 1. The summed E-state index contributed by atoms with van der Waals surface area (Å²) in [5, 5.41) is 12.5. The Morgan fingerprint density at radius 1 is 1.05 bits per heavy atom. The van der Waals surface area contributed by atoms with Gasteiger partial charge in [-0.05, 0) is 68.8 Å². The fraction of sp³-hybridized carbons (Fsp3) is 0.438. The minimum Gasteiger partial charge on any atom is -0.497 e. The summed E-state index contributed by atoms with van der Waals surface area (Å²) in [7, 11) is 3.80. The van der Waals surface area contributed by atoms with Crippen molar-refractivity contribution in [3.05, 3.63) is 83.1 Å². The predicted octanol–water partition coefficient (Wildman–Crippen LogP) is 2.21. The van der Waals surface area contributed by atoms with Gasteiger partial charge < -0.3 is 29.1 Å². The number of aromatic nitrogens is 1. The fourth-order valence-corrected chi connectivity index (χ4v) is 6.51. The van der Waals surface area contributed by atoms with Crippen LogP contribution in [0, 0.1) is 5.92 Å². The molecule has 0 radical (unpaired) electrons. The maximum atomic E-state index is 13.7. The number of hydrogen-bond donors (Lipinski definition) is 1. The van der Waals surface area contributed by atoms with Gasteiger partial charge in [-0.3, -0.25) is 4.79 Å². The number of methoxy groups -OCH3 is 1. The van der Waals surface area contributed by atoms with E-state index in [4.69, 9.17) is 9.73 Å². The number of likely N-dealkylation sites (tertiary alicyclic amines) is 2. The maximum Gasteiger partial charge on any atom is 0.226 e. The normalized spacial score (nSPS) is 22.7. The smallest absolute Gasteiger partial charge is 0.226 e. The highest BCUT2D eigenvalue weighted by atomic mass is 16.5. The second-order valence-electron chi connectivity index (χ2n) is 11.6. The lowest BCUT2D eigenvalue weighted by Gasteiger charge is -2.43. The van der Waals surface area contributed by atoms with Crippen LogP contribution in [0.2, 0.25) is 0 Å². The van der Waals surface area contributed by atoms with Crippen LogP contribution in [0.15, 0.2) is 71.9 Å². The van der Waals surface area contributed by atoms with E-state index in [1.807, 2.05) is 41.4 Å². The van der Waals surface area contributed by atoms with E-state index in [0.717, 1.165) is 41.7 Å². The summed E-state index contributed by atoms with van der Waals surface area (Å²) < 4.78 is 7.36. The molecule has 2 saturated heterocycles. The first-order chi connectivity index (χ1) is 19.4. The summed E-state index contributed by atoms with van der Waals surface area (Å²) in [6.07, 6.45) is 6.15. The van der Waals surface area contributed by atoms with Crippen LogP contribution in [0.3, 0.4) is 0 Å². The highest BCUT2D eigenvalue weighted by Gasteiger charge is 2.40. The first kappa shape index (κ1) is 26.6. The number of piperidine rings is 2. The minimum atomic E-state index is -0.843. The maximum absolute atomic E-state index is 13.7. The predicted molar refractivity (Wildman–Crippen MR) is 155 cm³/mol. The first-order valence-corrected chi connectivity index (χ1v) is 14.3. The molecule has 4 heterocycles. The molecule has 1 aromatic heterocycles. The van der Waals surface area contributed by atoms with Crippen LogP contribution in [-0.2, 0) is 4.79 Å². The number of likely N-dealkylation sites (N-methyl/N-ethyl adjacent to an activating group) is 1. The second-order valence-corrected chi connectivity index (χ2v) is 11.6. The van der Waals surface area contributed by atoms with Crippen LogP contribution in [0.4, 0.5) is 0 Å². The van der Waals surface area contributed by atoms with Crippen LogP contribution in [0.1, 0.15) is 30.7 Å². The van der Waals surface area contributed by atoms with Crippen molar-refractivity contribution in [3.63, 3.8) is 0 Å². The molecule has 0 unspecified atom stereocenters. The van der Waals surface area contributed by atoms with Crippen molar-refractivity contribution in [2.45, 2.75) is 30.8 Å². The van der Waals surface area contributed by atoms with E-state index < -0.39 is 5.60 Å². The second kappa shape index (κ2) is 11.1. The van der Waals surface area contributed by atoms with Crippen LogP contribution in [-0.4, -0.2) is 89.4 Å². The molecule has 210 valence electrons. The molecule has 40 heavy (non-hydrogen) atoms. The Balaban J connectivity index is 1.09. The van der Waals surface area contributed by atoms with E-state index in [2.05, 4.69) is 57.9 Å². The van der Waals surface area contributed by atoms with Gasteiger partial charge in [0, 0.05) is 61.3 Å². The third-order valence-electron chi connectivity index (χ3n) is 8.83. The molecule has 3 aliphatic heterocycles. The highest BCUT2D eigenvalue weighted by Crippen LogP contribution is 2.35. The Labute approximate surface area is 235 Å². The molecule has 0 saturated carbocycles. The van der Waals surface area contributed by atoms with E-state index in [9.17, 15) is 9.90 Å². The van der Waals surface area contributed by atoms with Crippen LogP contribution in [0.5, 0.6) is 5.75 Å². The van der Waals surface area contributed by atoms with Crippen molar-refractivity contribution in [2.75, 3.05) is 53.5 Å². The zero-order valence-electron chi connectivity index (χ0n) is 23.4. The fourth-order valence-electron chi connectivity index (χ4n) is 6.51. The van der Waals surface area contributed by atoms with Crippen molar-refractivity contribution < 1.29 is 14.6 Å². The number of carbonyl (C=O) groups excluding carboxylic acids is 1. The van der Waals surface area contributed by atoms with Crippen LogP contribution < -0.4 is 15.4 Å².